The van der Waals surface area contributed by atoms with Gasteiger partial charge < -0.3 is 9.47 Å². The fourth-order valence-corrected chi connectivity index (χ4v) is 3.88. The van der Waals surface area contributed by atoms with Crippen molar-refractivity contribution < 1.29 is 13.9 Å². The molecular weight excluding hydrogens is 339 g/mol. The summed E-state index contributed by atoms with van der Waals surface area (Å²) < 4.78 is 26.0. The summed E-state index contributed by atoms with van der Waals surface area (Å²) in [6, 6.07) is 11.3. The number of hydrogen-bond acceptors (Lipinski definition) is 2. The van der Waals surface area contributed by atoms with E-state index in [2.05, 4.69) is 39.8 Å². The molecule has 0 saturated heterocycles. The number of halogens is 1. The molecule has 1 saturated carbocycles. The van der Waals surface area contributed by atoms with Crippen molar-refractivity contribution in [1.29, 1.82) is 0 Å². The lowest BCUT2D eigenvalue weighted by Gasteiger charge is -2.27. The molecule has 0 aliphatic heterocycles. The molecule has 0 N–H and O–H groups in total. The number of methoxy groups -OCH3 is 2. The molecule has 0 radical (unpaired) electrons. The minimum atomic E-state index is -0.239. The van der Waals surface area contributed by atoms with Crippen LogP contribution in [0.4, 0.5) is 4.39 Å². The first-order valence-corrected chi connectivity index (χ1v) is 9.66. The lowest BCUT2D eigenvalue weighted by Crippen LogP contribution is -2.16. The maximum Gasteiger partial charge on any atom is 0.131 e. The molecule has 0 unspecified atom stereocenters. The summed E-state index contributed by atoms with van der Waals surface area (Å²) in [6.07, 6.45) is 3.19. The van der Waals surface area contributed by atoms with Gasteiger partial charge in [0.05, 0.1) is 13.2 Å². The molecule has 1 aliphatic carbocycles. The number of benzene rings is 2. The van der Waals surface area contributed by atoms with E-state index < -0.39 is 0 Å². The van der Waals surface area contributed by atoms with Gasteiger partial charge in [-0.3, -0.25) is 0 Å². The molecule has 0 aromatic heterocycles. The zero-order valence-electron chi connectivity index (χ0n) is 17.4. The highest BCUT2D eigenvalue weighted by Gasteiger charge is 2.46. The van der Waals surface area contributed by atoms with Crippen LogP contribution in [0.25, 0.3) is 11.1 Å². The molecule has 3 heteroatoms. The molecule has 2 aromatic carbocycles. The fraction of sp³-hybridized carbons (Fsp3) is 0.500. The third-order valence-electron chi connectivity index (χ3n) is 5.50. The van der Waals surface area contributed by atoms with Gasteiger partial charge in [-0.05, 0) is 65.0 Å². The van der Waals surface area contributed by atoms with Crippen LogP contribution in [-0.2, 0) is 11.2 Å². The van der Waals surface area contributed by atoms with E-state index in [1.165, 1.54) is 11.6 Å². The monoisotopic (exact) mass is 370 g/mol. The smallest absolute Gasteiger partial charge is 0.131 e. The van der Waals surface area contributed by atoms with Crippen LogP contribution in [0.2, 0.25) is 0 Å². The van der Waals surface area contributed by atoms with Crippen molar-refractivity contribution in [1.82, 2.24) is 0 Å². The van der Waals surface area contributed by atoms with Gasteiger partial charge in [0.1, 0.15) is 11.6 Å². The number of hydrogen-bond donors (Lipinski definition) is 0. The lowest BCUT2D eigenvalue weighted by molar-refractivity contribution is 0.0469. The highest BCUT2D eigenvalue weighted by Crippen LogP contribution is 2.57. The molecule has 1 atom stereocenters. The van der Waals surface area contributed by atoms with Crippen LogP contribution in [0, 0.1) is 16.6 Å². The summed E-state index contributed by atoms with van der Waals surface area (Å²) in [4.78, 5) is 0. The van der Waals surface area contributed by atoms with Gasteiger partial charge in [0.25, 0.3) is 0 Å². The van der Waals surface area contributed by atoms with E-state index in [0.29, 0.717) is 11.3 Å². The van der Waals surface area contributed by atoms with Crippen molar-refractivity contribution >= 4 is 0 Å². The summed E-state index contributed by atoms with van der Waals surface area (Å²) >= 11 is 0. The van der Waals surface area contributed by atoms with E-state index >= 15 is 0 Å². The third-order valence-corrected chi connectivity index (χ3v) is 5.50. The van der Waals surface area contributed by atoms with Crippen LogP contribution in [0.15, 0.2) is 36.4 Å². The average molecular weight is 371 g/mol. The Morgan fingerprint density at radius 2 is 1.74 bits per heavy atom. The molecule has 0 amide bonds. The van der Waals surface area contributed by atoms with Gasteiger partial charge in [-0.15, -0.1) is 0 Å². The standard InChI is InChI=1S/C24H31FO2/c1-23(2,3)15-16-7-9-18(19-14-17(26-5)8-10-21(19)25)20(13-16)22(27-6)24(4)11-12-24/h7-10,13-14,22H,11-12,15H2,1-6H3/t22-/m0/s1. The molecule has 1 fully saturated rings. The number of ether oxygens (including phenoxy) is 2. The highest BCUT2D eigenvalue weighted by molar-refractivity contribution is 5.70. The van der Waals surface area contributed by atoms with Crippen molar-refractivity contribution in [2.75, 3.05) is 14.2 Å². The molecule has 1 aliphatic rings. The Hall–Kier alpha value is -1.87. The second kappa shape index (κ2) is 7.27. The fourth-order valence-electron chi connectivity index (χ4n) is 3.88. The van der Waals surface area contributed by atoms with Crippen LogP contribution in [0.5, 0.6) is 5.75 Å². The first-order chi connectivity index (χ1) is 12.7. The summed E-state index contributed by atoms with van der Waals surface area (Å²) in [5.74, 6) is 0.416. The maximum atomic E-state index is 14.7. The van der Waals surface area contributed by atoms with E-state index in [1.54, 1.807) is 26.4 Å². The molecule has 0 bridgehead atoms. The first kappa shape index (κ1) is 19.9. The largest absolute Gasteiger partial charge is 0.497 e. The van der Waals surface area contributed by atoms with Crippen LogP contribution in [0.3, 0.4) is 0 Å². The van der Waals surface area contributed by atoms with Crippen molar-refractivity contribution in [3.8, 4) is 16.9 Å². The zero-order valence-corrected chi connectivity index (χ0v) is 17.4. The molecule has 0 heterocycles. The molecule has 0 spiro atoms. The highest BCUT2D eigenvalue weighted by atomic mass is 19.1. The van der Waals surface area contributed by atoms with Crippen LogP contribution in [0.1, 0.15) is 57.8 Å². The Labute approximate surface area is 162 Å². The molecule has 2 aromatic rings. The van der Waals surface area contributed by atoms with E-state index in [4.69, 9.17) is 9.47 Å². The van der Waals surface area contributed by atoms with E-state index in [9.17, 15) is 4.39 Å². The predicted molar refractivity (Wildman–Crippen MR) is 109 cm³/mol. The van der Waals surface area contributed by atoms with Crippen molar-refractivity contribution in [2.24, 2.45) is 10.8 Å². The average Bonchev–Trinajstić information content (AvgIpc) is 3.33. The topological polar surface area (TPSA) is 18.5 Å². The second-order valence-corrected chi connectivity index (χ2v) is 9.27. The molecule has 3 rings (SSSR count). The van der Waals surface area contributed by atoms with Crippen molar-refractivity contribution in [3.05, 3.63) is 53.3 Å². The van der Waals surface area contributed by atoms with Gasteiger partial charge in [0, 0.05) is 12.7 Å². The van der Waals surface area contributed by atoms with Gasteiger partial charge in [0.15, 0.2) is 0 Å². The van der Waals surface area contributed by atoms with Gasteiger partial charge in [-0.1, -0.05) is 45.9 Å². The molecule has 2 nitrogen and oxygen atoms in total. The van der Waals surface area contributed by atoms with E-state index in [1.807, 2.05) is 6.07 Å². The van der Waals surface area contributed by atoms with Crippen molar-refractivity contribution in [3.63, 3.8) is 0 Å². The predicted octanol–water partition coefficient (Wildman–Crippen LogP) is 6.58. The minimum absolute atomic E-state index is 0.0435. The first-order valence-electron chi connectivity index (χ1n) is 9.66. The lowest BCUT2D eigenvalue weighted by atomic mass is 9.83. The summed E-state index contributed by atoms with van der Waals surface area (Å²) in [6.45, 7) is 8.96. The number of rotatable bonds is 6. The van der Waals surface area contributed by atoms with E-state index in [0.717, 1.165) is 30.4 Å². The van der Waals surface area contributed by atoms with Gasteiger partial charge >= 0.3 is 0 Å². The minimum Gasteiger partial charge on any atom is -0.497 e. The molecule has 27 heavy (non-hydrogen) atoms. The Morgan fingerprint density at radius 3 is 2.30 bits per heavy atom. The molecular formula is C24H31FO2. The quantitative estimate of drug-likeness (QED) is 0.572. The SMILES string of the molecule is COc1ccc(F)c(-c2ccc(CC(C)(C)C)cc2[C@H](OC)C2(C)CC2)c1. The summed E-state index contributed by atoms with van der Waals surface area (Å²) in [7, 11) is 3.37. The molecule has 146 valence electrons. The third kappa shape index (κ3) is 4.35. The van der Waals surface area contributed by atoms with Crippen LogP contribution in [-0.4, -0.2) is 14.2 Å². The summed E-state index contributed by atoms with van der Waals surface area (Å²) in [5.41, 5.74) is 4.11. The van der Waals surface area contributed by atoms with Gasteiger partial charge in [-0.25, -0.2) is 4.39 Å². The second-order valence-electron chi connectivity index (χ2n) is 9.27. The van der Waals surface area contributed by atoms with Gasteiger partial charge in [-0.2, -0.15) is 0 Å². The Balaban J connectivity index is 2.15. The Bertz CT molecular complexity index is 816. The van der Waals surface area contributed by atoms with Gasteiger partial charge in [0.2, 0.25) is 0 Å². The zero-order chi connectivity index (χ0) is 19.8. The Kier molecular flexibility index (Phi) is 5.36. The van der Waals surface area contributed by atoms with Crippen LogP contribution < -0.4 is 4.74 Å². The maximum absolute atomic E-state index is 14.7. The summed E-state index contributed by atoms with van der Waals surface area (Å²) in [5, 5.41) is 0. The van der Waals surface area contributed by atoms with Crippen LogP contribution >= 0.6 is 0 Å². The van der Waals surface area contributed by atoms with Crippen molar-refractivity contribution in [2.45, 2.75) is 53.1 Å². The Morgan fingerprint density at radius 1 is 1.04 bits per heavy atom. The van der Waals surface area contributed by atoms with E-state index in [-0.39, 0.29) is 22.8 Å². The normalized spacial score (nSPS) is 16.9.